The monoisotopic (exact) mass is 247 g/mol. The smallest absolute Gasteiger partial charge is 0.254 e. The van der Waals surface area contributed by atoms with Crippen LogP contribution in [-0.2, 0) is 0 Å². The van der Waals surface area contributed by atoms with Gasteiger partial charge < -0.3 is 5.32 Å². The van der Waals surface area contributed by atoms with E-state index >= 15 is 0 Å². The van der Waals surface area contributed by atoms with Crippen molar-refractivity contribution in [2.24, 2.45) is 0 Å². The largest absolute Gasteiger partial charge is 0.348 e. The van der Waals surface area contributed by atoms with Crippen molar-refractivity contribution in [2.75, 3.05) is 6.54 Å². The topological polar surface area (TPSA) is 54.9 Å². The Hall–Kier alpha value is -1.71. The van der Waals surface area contributed by atoms with Crippen LogP contribution in [0.4, 0.5) is 0 Å². The van der Waals surface area contributed by atoms with Gasteiger partial charge in [-0.15, -0.1) is 0 Å². The number of allylic oxidation sites excluding steroid dienone is 1. The van der Waals surface area contributed by atoms with Gasteiger partial charge >= 0.3 is 0 Å². The molecule has 1 aromatic heterocycles. The zero-order chi connectivity index (χ0) is 13.7. The predicted molar refractivity (Wildman–Crippen MR) is 72.6 cm³/mol. The van der Waals surface area contributed by atoms with Gasteiger partial charge in [-0.3, -0.25) is 4.79 Å². The lowest BCUT2D eigenvalue weighted by atomic mass is 10.0. The van der Waals surface area contributed by atoms with Gasteiger partial charge in [0.2, 0.25) is 0 Å². The molecule has 0 radical (unpaired) electrons. The average molecular weight is 247 g/mol. The number of amides is 1. The van der Waals surface area contributed by atoms with Gasteiger partial charge in [0, 0.05) is 12.7 Å². The van der Waals surface area contributed by atoms with Gasteiger partial charge in [0.1, 0.15) is 5.82 Å². The van der Waals surface area contributed by atoms with Crippen molar-refractivity contribution in [3.05, 3.63) is 34.9 Å². The van der Waals surface area contributed by atoms with Gasteiger partial charge in [-0.05, 0) is 26.7 Å². The Morgan fingerprint density at radius 1 is 1.44 bits per heavy atom. The number of hydrogen-bond acceptors (Lipinski definition) is 3. The Bertz CT molecular complexity index is 460. The van der Waals surface area contributed by atoms with Crippen LogP contribution in [0.2, 0.25) is 0 Å². The Balaban J connectivity index is 2.88. The van der Waals surface area contributed by atoms with Crippen LogP contribution in [0.15, 0.2) is 17.8 Å². The van der Waals surface area contributed by atoms with Crippen molar-refractivity contribution in [3.63, 3.8) is 0 Å². The normalized spacial score (nSPS) is 10.3. The Kier molecular flexibility index (Phi) is 5.01. The summed E-state index contributed by atoms with van der Waals surface area (Å²) in [5.74, 6) is 0.784. The molecule has 0 bridgehead atoms. The number of rotatable bonds is 4. The van der Waals surface area contributed by atoms with Crippen molar-refractivity contribution in [1.29, 1.82) is 0 Å². The first-order chi connectivity index (χ1) is 8.41. The standard InChI is InChI=1S/C14H21N3O/c1-9(2)6-7-15-14(18)12-8-16-11(5)17-13(12)10(3)4/h6,8,10H,7H2,1-5H3,(H,15,18). The molecule has 98 valence electrons. The Morgan fingerprint density at radius 3 is 2.67 bits per heavy atom. The Morgan fingerprint density at radius 2 is 2.11 bits per heavy atom. The lowest BCUT2D eigenvalue weighted by molar-refractivity contribution is 0.0955. The van der Waals surface area contributed by atoms with E-state index in [0.717, 1.165) is 5.69 Å². The number of aromatic nitrogens is 2. The molecule has 4 nitrogen and oxygen atoms in total. The third kappa shape index (κ3) is 3.95. The number of nitrogens with one attached hydrogen (secondary N) is 1. The predicted octanol–water partition coefficient (Wildman–Crippen LogP) is 2.60. The van der Waals surface area contributed by atoms with Crippen molar-refractivity contribution in [2.45, 2.75) is 40.5 Å². The summed E-state index contributed by atoms with van der Waals surface area (Å²) in [6, 6.07) is 0. The Labute approximate surface area is 109 Å². The fourth-order valence-electron chi connectivity index (χ4n) is 1.55. The lowest BCUT2D eigenvalue weighted by Gasteiger charge is -2.11. The second-order valence-electron chi connectivity index (χ2n) is 4.86. The highest BCUT2D eigenvalue weighted by Gasteiger charge is 2.15. The van der Waals surface area contributed by atoms with Gasteiger partial charge in [0.15, 0.2) is 0 Å². The molecule has 0 spiro atoms. The summed E-state index contributed by atoms with van der Waals surface area (Å²) in [5, 5.41) is 2.85. The SMILES string of the molecule is CC(C)=CCNC(=O)c1cnc(C)nc1C(C)C. The van der Waals surface area contributed by atoms with E-state index in [0.29, 0.717) is 17.9 Å². The first kappa shape index (κ1) is 14.4. The highest BCUT2D eigenvalue weighted by atomic mass is 16.1. The van der Waals surface area contributed by atoms with Gasteiger partial charge in [0.25, 0.3) is 5.91 Å². The maximum absolute atomic E-state index is 12.0. The summed E-state index contributed by atoms with van der Waals surface area (Å²) >= 11 is 0. The lowest BCUT2D eigenvalue weighted by Crippen LogP contribution is -2.26. The highest BCUT2D eigenvalue weighted by molar-refractivity contribution is 5.95. The fraction of sp³-hybridized carbons (Fsp3) is 0.500. The van der Waals surface area contributed by atoms with E-state index in [1.807, 2.05) is 40.7 Å². The summed E-state index contributed by atoms with van der Waals surface area (Å²) in [4.78, 5) is 20.5. The number of hydrogen-bond donors (Lipinski definition) is 1. The zero-order valence-corrected chi connectivity index (χ0v) is 11.7. The van der Waals surface area contributed by atoms with Crippen LogP contribution < -0.4 is 5.32 Å². The van der Waals surface area contributed by atoms with Crippen molar-refractivity contribution >= 4 is 5.91 Å². The molecule has 0 saturated carbocycles. The molecular formula is C14H21N3O. The summed E-state index contributed by atoms with van der Waals surface area (Å²) < 4.78 is 0. The van der Waals surface area contributed by atoms with Crippen molar-refractivity contribution in [1.82, 2.24) is 15.3 Å². The molecule has 0 fully saturated rings. The molecule has 0 atom stereocenters. The van der Waals surface area contributed by atoms with E-state index in [4.69, 9.17) is 0 Å². The van der Waals surface area contributed by atoms with Gasteiger partial charge in [-0.1, -0.05) is 25.5 Å². The van der Waals surface area contributed by atoms with E-state index in [-0.39, 0.29) is 11.8 Å². The van der Waals surface area contributed by atoms with Crippen LogP contribution in [0.25, 0.3) is 0 Å². The van der Waals surface area contributed by atoms with Crippen LogP contribution in [0.1, 0.15) is 55.5 Å². The first-order valence-corrected chi connectivity index (χ1v) is 6.17. The summed E-state index contributed by atoms with van der Waals surface area (Å²) in [5.41, 5.74) is 2.55. The average Bonchev–Trinajstić information content (AvgIpc) is 2.28. The van der Waals surface area contributed by atoms with Crippen molar-refractivity contribution in [3.8, 4) is 0 Å². The van der Waals surface area contributed by atoms with E-state index < -0.39 is 0 Å². The fourth-order valence-corrected chi connectivity index (χ4v) is 1.55. The molecule has 18 heavy (non-hydrogen) atoms. The molecule has 1 N–H and O–H groups in total. The molecule has 4 heteroatoms. The van der Waals surface area contributed by atoms with Crippen LogP contribution in [0, 0.1) is 6.92 Å². The molecule has 0 saturated heterocycles. The molecular weight excluding hydrogens is 226 g/mol. The maximum atomic E-state index is 12.0. The molecule has 0 aliphatic rings. The van der Waals surface area contributed by atoms with Gasteiger partial charge in [-0.2, -0.15) is 0 Å². The van der Waals surface area contributed by atoms with E-state index in [9.17, 15) is 4.79 Å². The summed E-state index contributed by atoms with van der Waals surface area (Å²) in [7, 11) is 0. The minimum atomic E-state index is -0.115. The van der Waals surface area contributed by atoms with Crippen LogP contribution >= 0.6 is 0 Å². The second kappa shape index (κ2) is 6.28. The molecule has 1 rings (SSSR count). The quantitative estimate of drug-likeness (QED) is 0.832. The number of aryl methyl sites for hydroxylation is 1. The molecule has 1 amide bonds. The van der Waals surface area contributed by atoms with Crippen LogP contribution in [-0.4, -0.2) is 22.4 Å². The molecule has 0 aliphatic carbocycles. The minimum Gasteiger partial charge on any atom is -0.348 e. The third-order valence-corrected chi connectivity index (χ3v) is 2.50. The molecule has 0 aliphatic heterocycles. The summed E-state index contributed by atoms with van der Waals surface area (Å²) in [6.45, 7) is 10.4. The minimum absolute atomic E-state index is 0.115. The van der Waals surface area contributed by atoms with Crippen LogP contribution in [0.3, 0.4) is 0 Å². The van der Waals surface area contributed by atoms with Crippen molar-refractivity contribution < 1.29 is 4.79 Å². The van der Waals surface area contributed by atoms with Gasteiger partial charge in [-0.25, -0.2) is 9.97 Å². The first-order valence-electron chi connectivity index (χ1n) is 6.17. The molecule has 1 heterocycles. The zero-order valence-electron chi connectivity index (χ0n) is 11.7. The van der Waals surface area contributed by atoms with Crippen LogP contribution in [0.5, 0.6) is 0 Å². The third-order valence-electron chi connectivity index (χ3n) is 2.50. The molecule has 1 aromatic rings. The summed E-state index contributed by atoms with van der Waals surface area (Å²) in [6.07, 6.45) is 3.58. The number of carbonyl (C=O) groups is 1. The van der Waals surface area contributed by atoms with E-state index in [1.165, 1.54) is 5.57 Å². The molecule has 0 unspecified atom stereocenters. The van der Waals surface area contributed by atoms with Gasteiger partial charge in [0.05, 0.1) is 11.3 Å². The van der Waals surface area contributed by atoms with E-state index in [1.54, 1.807) is 6.20 Å². The maximum Gasteiger partial charge on any atom is 0.254 e. The molecule has 0 aromatic carbocycles. The second-order valence-corrected chi connectivity index (χ2v) is 4.86. The number of carbonyl (C=O) groups excluding carboxylic acids is 1. The highest BCUT2D eigenvalue weighted by Crippen LogP contribution is 2.16. The number of nitrogens with zero attached hydrogens (tertiary/aromatic N) is 2. The van der Waals surface area contributed by atoms with E-state index in [2.05, 4.69) is 15.3 Å².